The Bertz CT molecular complexity index is 674. The molecule has 1 aromatic carbocycles. The van der Waals surface area contributed by atoms with Crippen molar-refractivity contribution in [3.63, 3.8) is 0 Å². The number of halogens is 1. The maximum Gasteiger partial charge on any atom is 0.242 e. The van der Waals surface area contributed by atoms with E-state index in [1.807, 2.05) is 0 Å². The van der Waals surface area contributed by atoms with Crippen molar-refractivity contribution >= 4 is 25.7 Å². The Morgan fingerprint density at radius 2 is 1.75 bits per heavy atom. The van der Waals surface area contributed by atoms with E-state index in [0.717, 1.165) is 24.5 Å². The lowest BCUT2D eigenvalue weighted by Crippen LogP contribution is -2.29. The van der Waals surface area contributed by atoms with E-state index in [2.05, 4.69) is 9.44 Å². The van der Waals surface area contributed by atoms with Gasteiger partial charge in [0.05, 0.1) is 11.9 Å². The van der Waals surface area contributed by atoms with Gasteiger partial charge in [0.15, 0.2) is 0 Å². The quantitative estimate of drug-likeness (QED) is 0.467. The van der Waals surface area contributed by atoms with Gasteiger partial charge in [-0.1, -0.05) is 0 Å². The van der Waals surface area contributed by atoms with Crippen LogP contribution < -0.4 is 15.2 Å². The minimum Gasteiger partial charge on any atom is -0.398 e. The van der Waals surface area contributed by atoms with Crippen molar-refractivity contribution in [1.82, 2.24) is 9.44 Å². The van der Waals surface area contributed by atoms with Gasteiger partial charge in [0.2, 0.25) is 20.0 Å². The molecule has 1 rings (SSSR count). The van der Waals surface area contributed by atoms with Gasteiger partial charge < -0.3 is 5.73 Å². The predicted octanol–water partition coefficient (Wildman–Crippen LogP) is -0.374. The average Bonchev–Trinajstić information content (AvgIpc) is 2.30. The van der Waals surface area contributed by atoms with E-state index in [1.165, 1.54) is 0 Å². The van der Waals surface area contributed by atoms with Crippen molar-refractivity contribution in [3.05, 3.63) is 24.0 Å². The molecule has 0 bridgehead atoms. The van der Waals surface area contributed by atoms with Crippen LogP contribution in [0.2, 0.25) is 0 Å². The molecule has 0 aliphatic rings. The molecule has 1 aromatic rings. The topological polar surface area (TPSA) is 118 Å². The minimum absolute atomic E-state index is 0.000800. The van der Waals surface area contributed by atoms with E-state index in [4.69, 9.17) is 5.73 Å². The summed E-state index contributed by atoms with van der Waals surface area (Å²) >= 11 is 0. The van der Waals surface area contributed by atoms with Crippen LogP contribution in [0.1, 0.15) is 6.42 Å². The van der Waals surface area contributed by atoms with Crippen LogP contribution in [-0.4, -0.2) is 36.2 Å². The van der Waals surface area contributed by atoms with Gasteiger partial charge in [0.1, 0.15) is 10.7 Å². The summed E-state index contributed by atoms with van der Waals surface area (Å²) in [5.74, 6) is -0.710. The summed E-state index contributed by atoms with van der Waals surface area (Å²) in [6.07, 6.45) is 1.26. The first-order valence-electron chi connectivity index (χ1n) is 5.61. The van der Waals surface area contributed by atoms with Gasteiger partial charge >= 0.3 is 0 Å². The highest BCUT2D eigenvalue weighted by molar-refractivity contribution is 7.89. The highest BCUT2D eigenvalue weighted by atomic mass is 32.2. The molecule has 0 aliphatic carbocycles. The fourth-order valence-corrected chi connectivity index (χ4v) is 3.10. The molecular weight excluding hydrogens is 309 g/mol. The van der Waals surface area contributed by atoms with Crippen molar-refractivity contribution in [2.45, 2.75) is 11.3 Å². The summed E-state index contributed by atoms with van der Waals surface area (Å²) in [5, 5.41) is 0. The molecule has 0 unspecified atom stereocenters. The first-order valence-corrected chi connectivity index (χ1v) is 8.98. The Kier molecular flexibility index (Phi) is 5.45. The van der Waals surface area contributed by atoms with Crippen molar-refractivity contribution in [2.75, 3.05) is 25.1 Å². The second-order valence-electron chi connectivity index (χ2n) is 4.10. The monoisotopic (exact) mass is 325 g/mol. The average molecular weight is 325 g/mol. The number of hydrogen-bond acceptors (Lipinski definition) is 5. The Morgan fingerprint density at radius 1 is 1.15 bits per heavy atom. The maximum atomic E-state index is 13.0. The summed E-state index contributed by atoms with van der Waals surface area (Å²) in [6, 6.07) is 3.05. The number of sulfonamides is 2. The van der Waals surface area contributed by atoms with Crippen LogP contribution in [0.25, 0.3) is 0 Å². The largest absolute Gasteiger partial charge is 0.398 e. The second-order valence-corrected chi connectivity index (χ2v) is 7.67. The number of benzene rings is 1. The molecule has 20 heavy (non-hydrogen) atoms. The SMILES string of the molecule is CS(=O)(=O)NCCCNS(=O)(=O)c1cc(F)ccc1N. The Balaban J connectivity index is 2.60. The summed E-state index contributed by atoms with van der Waals surface area (Å²) < 4.78 is 62.8. The molecule has 4 N–H and O–H groups in total. The van der Waals surface area contributed by atoms with Crippen molar-refractivity contribution in [3.8, 4) is 0 Å². The Hall–Kier alpha value is -1.23. The smallest absolute Gasteiger partial charge is 0.242 e. The van der Waals surface area contributed by atoms with Crippen LogP contribution in [0, 0.1) is 5.82 Å². The molecule has 0 radical (unpaired) electrons. The zero-order valence-electron chi connectivity index (χ0n) is 10.8. The fraction of sp³-hybridized carbons (Fsp3) is 0.400. The van der Waals surface area contributed by atoms with Gasteiger partial charge in [-0.15, -0.1) is 0 Å². The normalized spacial score (nSPS) is 12.5. The van der Waals surface area contributed by atoms with E-state index in [1.54, 1.807) is 0 Å². The molecule has 0 aromatic heterocycles. The third kappa shape index (κ3) is 5.41. The van der Waals surface area contributed by atoms with Crippen molar-refractivity contribution < 1.29 is 21.2 Å². The van der Waals surface area contributed by atoms with E-state index in [9.17, 15) is 21.2 Å². The Morgan fingerprint density at radius 3 is 2.35 bits per heavy atom. The lowest BCUT2D eigenvalue weighted by atomic mass is 10.3. The van der Waals surface area contributed by atoms with Gasteiger partial charge in [-0.05, 0) is 24.6 Å². The molecule has 0 saturated carbocycles. The molecule has 0 aliphatic heterocycles. The van der Waals surface area contributed by atoms with Crippen LogP contribution in [0.5, 0.6) is 0 Å². The van der Waals surface area contributed by atoms with Crippen LogP contribution in [0.15, 0.2) is 23.1 Å². The molecule has 0 fully saturated rings. The van der Waals surface area contributed by atoms with Crippen molar-refractivity contribution in [2.24, 2.45) is 0 Å². The van der Waals surface area contributed by atoms with Crippen LogP contribution in [0.4, 0.5) is 10.1 Å². The molecule has 0 spiro atoms. The number of hydrogen-bond donors (Lipinski definition) is 3. The zero-order valence-corrected chi connectivity index (χ0v) is 12.4. The zero-order chi connectivity index (χ0) is 15.4. The first kappa shape index (κ1) is 16.8. The summed E-state index contributed by atoms with van der Waals surface area (Å²) in [5.41, 5.74) is 5.42. The molecule has 0 heterocycles. The van der Waals surface area contributed by atoms with E-state index in [-0.39, 0.29) is 30.1 Å². The summed E-state index contributed by atoms with van der Waals surface area (Å²) in [7, 11) is -7.22. The lowest BCUT2D eigenvalue weighted by molar-refractivity contribution is 0.572. The predicted molar refractivity (Wildman–Crippen MR) is 73.5 cm³/mol. The molecule has 0 amide bonds. The molecular formula is C10H16FN3O4S2. The number of rotatable bonds is 7. The van der Waals surface area contributed by atoms with Gasteiger partial charge in [-0.3, -0.25) is 0 Å². The molecule has 0 atom stereocenters. The lowest BCUT2D eigenvalue weighted by Gasteiger charge is -2.09. The van der Waals surface area contributed by atoms with Crippen LogP contribution >= 0.6 is 0 Å². The van der Waals surface area contributed by atoms with E-state index >= 15 is 0 Å². The third-order valence-electron chi connectivity index (χ3n) is 2.28. The number of nitrogens with two attached hydrogens (primary N) is 1. The van der Waals surface area contributed by atoms with Gasteiger partial charge in [0.25, 0.3) is 0 Å². The molecule has 7 nitrogen and oxygen atoms in total. The third-order valence-corrected chi connectivity index (χ3v) is 4.52. The van der Waals surface area contributed by atoms with E-state index in [0.29, 0.717) is 0 Å². The minimum atomic E-state index is -3.92. The van der Waals surface area contributed by atoms with Gasteiger partial charge in [-0.2, -0.15) is 0 Å². The van der Waals surface area contributed by atoms with Gasteiger partial charge in [-0.25, -0.2) is 30.7 Å². The Labute approximate surface area is 117 Å². The molecule has 0 saturated heterocycles. The number of nitrogens with one attached hydrogen (secondary N) is 2. The standard InChI is InChI=1S/C10H16FN3O4S2/c1-19(15,16)13-5-2-6-14-20(17,18)10-7-8(11)3-4-9(10)12/h3-4,7,13-14H,2,5-6,12H2,1H3. The van der Waals surface area contributed by atoms with Crippen LogP contribution in [-0.2, 0) is 20.0 Å². The fourth-order valence-electron chi connectivity index (χ4n) is 1.37. The molecule has 10 heteroatoms. The number of anilines is 1. The highest BCUT2D eigenvalue weighted by Gasteiger charge is 2.17. The van der Waals surface area contributed by atoms with Crippen molar-refractivity contribution in [1.29, 1.82) is 0 Å². The molecule has 114 valence electrons. The van der Waals surface area contributed by atoms with Gasteiger partial charge in [0, 0.05) is 13.1 Å². The summed E-state index contributed by atoms with van der Waals surface area (Å²) in [4.78, 5) is -0.339. The number of nitrogen functional groups attached to an aromatic ring is 1. The highest BCUT2D eigenvalue weighted by Crippen LogP contribution is 2.18. The summed E-state index contributed by atoms with van der Waals surface area (Å²) in [6.45, 7) is 0.0980. The first-order chi connectivity index (χ1) is 9.12. The maximum absolute atomic E-state index is 13.0. The van der Waals surface area contributed by atoms with E-state index < -0.39 is 25.9 Å². The van der Waals surface area contributed by atoms with Crippen LogP contribution in [0.3, 0.4) is 0 Å². The second kappa shape index (κ2) is 6.48.